The largest absolute Gasteiger partial charge is 0.490 e. The molecule has 0 amide bonds. The van der Waals surface area contributed by atoms with E-state index in [9.17, 15) is 21.6 Å². The van der Waals surface area contributed by atoms with E-state index in [0.717, 1.165) is 30.9 Å². The van der Waals surface area contributed by atoms with Gasteiger partial charge in [-0.15, -0.1) is 11.3 Å². The molecular weight excluding hydrogens is 383 g/mol. The Kier molecular flexibility index (Phi) is 6.07. The number of hydrogen-bond acceptors (Lipinski definition) is 6. The molecule has 1 aromatic heterocycles. The van der Waals surface area contributed by atoms with Crippen LogP contribution in [0.1, 0.15) is 17.8 Å². The van der Waals surface area contributed by atoms with E-state index in [1.807, 2.05) is 11.6 Å². The number of halogens is 3. The van der Waals surface area contributed by atoms with E-state index in [0.29, 0.717) is 12.6 Å². The summed E-state index contributed by atoms with van der Waals surface area (Å²) in [5.74, 6) is -2.76. The topological polar surface area (TPSA) is 90.8 Å². The highest BCUT2D eigenvalue weighted by atomic mass is 32.2. The van der Waals surface area contributed by atoms with Crippen LogP contribution in [0.4, 0.5) is 13.2 Å². The number of thiazole rings is 1. The quantitative estimate of drug-likeness (QED) is 0.823. The fourth-order valence-electron chi connectivity index (χ4n) is 3.15. The molecule has 0 aliphatic carbocycles. The molecule has 0 spiro atoms. The van der Waals surface area contributed by atoms with Crippen LogP contribution in [0.15, 0.2) is 11.6 Å². The second-order valence-corrected chi connectivity index (χ2v) is 8.70. The summed E-state index contributed by atoms with van der Waals surface area (Å²) < 4.78 is 56.8. The molecule has 2 fully saturated rings. The van der Waals surface area contributed by atoms with Gasteiger partial charge < -0.3 is 5.11 Å². The standard InChI is InChI=1S/C11H17N3O2S2.C2HF3O2/c1-18(15,16)14-6-3-9-10(14)2-5-13(9)8-11-12-4-7-17-11;3-2(4,5)1(6)7/h4,7,9-10H,2-3,5-6,8H2,1H3;(H,6,7)/t9-,10+;/m1./s1. The summed E-state index contributed by atoms with van der Waals surface area (Å²) in [5, 5.41) is 10.2. The molecule has 3 rings (SSSR count). The van der Waals surface area contributed by atoms with Crippen molar-refractivity contribution in [1.29, 1.82) is 0 Å². The smallest absolute Gasteiger partial charge is 0.475 e. The zero-order chi connectivity index (χ0) is 18.8. The van der Waals surface area contributed by atoms with Gasteiger partial charge in [-0.1, -0.05) is 0 Å². The van der Waals surface area contributed by atoms with E-state index in [2.05, 4.69) is 9.88 Å². The molecule has 7 nitrogen and oxygen atoms in total. The van der Waals surface area contributed by atoms with Crippen molar-refractivity contribution >= 4 is 27.3 Å². The molecule has 3 heterocycles. The highest BCUT2D eigenvalue weighted by Crippen LogP contribution is 2.34. The van der Waals surface area contributed by atoms with Crippen molar-refractivity contribution < 1.29 is 31.5 Å². The SMILES string of the molecule is CS(=O)(=O)N1CC[C@@H]2[C@@H]1CCN2Cc1nccs1.O=C(O)C(F)(F)F. The molecule has 142 valence electrons. The summed E-state index contributed by atoms with van der Waals surface area (Å²) in [6.07, 6.45) is -0.0455. The third-order valence-corrected chi connectivity index (χ3v) is 6.20. The molecule has 0 unspecified atom stereocenters. The Bertz CT molecular complexity index is 694. The molecule has 0 radical (unpaired) electrons. The van der Waals surface area contributed by atoms with Crippen LogP contribution in [0, 0.1) is 0 Å². The maximum Gasteiger partial charge on any atom is 0.490 e. The normalized spacial score (nSPS) is 24.6. The number of nitrogens with zero attached hydrogens (tertiary/aromatic N) is 3. The van der Waals surface area contributed by atoms with Crippen LogP contribution in [0.25, 0.3) is 0 Å². The number of rotatable bonds is 3. The van der Waals surface area contributed by atoms with Gasteiger partial charge >= 0.3 is 12.1 Å². The average molecular weight is 401 g/mol. The van der Waals surface area contributed by atoms with Gasteiger partial charge in [0, 0.05) is 36.8 Å². The second kappa shape index (κ2) is 7.56. The molecular formula is C13H18F3N3O4S2. The van der Waals surface area contributed by atoms with Crippen LogP contribution in [0.2, 0.25) is 0 Å². The number of sulfonamides is 1. The van der Waals surface area contributed by atoms with Crippen LogP contribution in [-0.2, 0) is 21.4 Å². The zero-order valence-electron chi connectivity index (χ0n) is 13.3. The maximum absolute atomic E-state index is 11.7. The van der Waals surface area contributed by atoms with Crippen LogP contribution in [0.5, 0.6) is 0 Å². The first kappa shape index (κ1) is 20.1. The van der Waals surface area contributed by atoms with Gasteiger partial charge in [-0.2, -0.15) is 17.5 Å². The van der Waals surface area contributed by atoms with Crippen LogP contribution in [-0.4, -0.2) is 71.3 Å². The van der Waals surface area contributed by atoms with Crippen molar-refractivity contribution in [1.82, 2.24) is 14.2 Å². The predicted octanol–water partition coefficient (Wildman–Crippen LogP) is 1.38. The lowest BCUT2D eigenvalue weighted by Crippen LogP contribution is -2.38. The number of carboxylic acid groups (broad SMARTS) is 1. The van der Waals surface area contributed by atoms with Gasteiger partial charge in [0.15, 0.2) is 0 Å². The molecule has 2 atom stereocenters. The number of fused-ring (bicyclic) bond motifs is 1. The summed E-state index contributed by atoms with van der Waals surface area (Å²) in [5.41, 5.74) is 0. The number of aliphatic carboxylic acids is 1. The summed E-state index contributed by atoms with van der Waals surface area (Å²) in [6.45, 7) is 2.50. The Labute approximate surface area is 147 Å². The van der Waals surface area contributed by atoms with Crippen molar-refractivity contribution in [2.24, 2.45) is 0 Å². The van der Waals surface area contributed by atoms with Gasteiger partial charge in [0.2, 0.25) is 10.0 Å². The van der Waals surface area contributed by atoms with Crippen LogP contribution in [0.3, 0.4) is 0 Å². The molecule has 12 heteroatoms. The molecule has 1 N–H and O–H groups in total. The van der Waals surface area contributed by atoms with E-state index >= 15 is 0 Å². The summed E-state index contributed by atoms with van der Waals surface area (Å²) in [4.78, 5) is 15.6. The number of carboxylic acids is 1. The third-order valence-electron chi connectivity index (χ3n) is 4.13. The van der Waals surface area contributed by atoms with Crippen LogP contribution >= 0.6 is 11.3 Å². The van der Waals surface area contributed by atoms with E-state index in [-0.39, 0.29) is 6.04 Å². The maximum atomic E-state index is 11.7. The molecule has 2 aliphatic rings. The first-order valence-electron chi connectivity index (χ1n) is 7.39. The number of aromatic nitrogens is 1. The fraction of sp³-hybridized carbons (Fsp3) is 0.692. The molecule has 0 aromatic carbocycles. The first-order valence-corrected chi connectivity index (χ1v) is 10.1. The van der Waals surface area contributed by atoms with Gasteiger partial charge in [-0.25, -0.2) is 18.2 Å². The lowest BCUT2D eigenvalue weighted by atomic mass is 10.1. The van der Waals surface area contributed by atoms with Crippen molar-refractivity contribution in [2.75, 3.05) is 19.3 Å². The van der Waals surface area contributed by atoms with Gasteiger partial charge in [-0.3, -0.25) is 4.90 Å². The van der Waals surface area contributed by atoms with Crippen molar-refractivity contribution in [3.05, 3.63) is 16.6 Å². The predicted molar refractivity (Wildman–Crippen MR) is 84.6 cm³/mol. The number of hydrogen-bond donors (Lipinski definition) is 1. The monoisotopic (exact) mass is 401 g/mol. The molecule has 2 saturated heterocycles. The Hall–Kier alpha value is -1.24. The Morgan fingerprint density at radius 2 is 1.96 bits per heavy atom. The zero-order valence-corrected chi connectivity index (χ0v) is 14.9. The molecule has 0 saturated carbocycles. The van der Waals surface area contributed by atoms with E-state index in [1.165, 1.54) is 6.26 Å². The van der Waals surface area contributed by atoms with Gasteiger partial charge in [0.1, 0.15) is 5.01 Å². The van der Waals surface area contributed by atoms with Crippen LogP contribution < -0.4 is 0 Å². The third kappa shape index (κ3) is 5.12. The van der Waals surface area contributed by atoms with Crippen molar-refractivity contribution in [3.8, 4) is 0 Å². The Morgan fingerprint density at radius 1 is 1.36 bits per heavy atom. The average Bonchev–Trinajstić information content (AvgIpc) is 3.16. The fourth-order valence-corrected chi connectivity index (χ4v) is 4.96. The first-order chi connectivity index (χ1) is 11.5. The minimum atomic E-state index is -5.08. The lowest BCUT2D eigenvalue weighted by molar-refractivity contribution is -0.192. The number of likely N-dealkylation sites (tertiary alicyclic amines) is 1. The molecule has 25 heavy (non-hydrogen) atoms. The van der Waals surface area contributed by atoms with E-state index in [1.54, 1.807) is 15.6 Å². The number of carbonyl (C=O) groups is 1. The molecule has 1 aromatic rings. The summed E-state index contributed by atoms with van der Waals surface area (Å²) in [6, 6.07) is 0.559. The Balaban J connectivity index is 0.000000277. The number of alkyl halides is 3. The highest BCUT2D eigenvalue weighted by Gasteiger charge is 2.45. The van der Waals surface area contributed by atoms with E-state index in [4.69, 9.17) is 9.90 Å². The minimum absolute atomic E-state index is 0.181. The summed E-state index contributed by atoms with van der Waals surface area (Å²) in [7, 11) is -3.05. The lowest BCUT2D eigenvalue weighted by Gasteiger charge is -2.23. The van der Waals surface area contributed by atoms with Gasteiger partial charge in [0.05, 0.1) is 12.8 Å². The van der Waals surface area contributed by atoms with Gasteiger partial charge in [-0.05, 0) is 12.8 Å². The minimum Gasteiger partial charge on any atom is -0.475 e. The van der Waals surface area contributed by atoms with Gasteiger partial charge in [0.25, 0.3) is 0 Å². The summed E-state index contributed by atoms with van der Waals surface area (Å²) >= 11 is 1.67. The van der Waals surface area contributed by atoms with Crippen molar-refractivity contribution in [3.63, 3.8) is 0 Å². The van der Waals surface area contributed by atoms with E-state index < -0.39 is 22.2 Å². The molecule has 0 bridgehead atoms. The highest BCUT2D eigenvalue weighted by molar-refractivity contribution is 7.88. The molecule has 2 aliphatic heterocycles. The Morgan fingerprint density at radius 3 is 2.44 bits per heavy atom. The second-order valence-electron chi connectivity index (χ2n) is 5.78. The van der Waals surface area contributed by atoms with Crippen molar-refractivity contribution in [2.45, 2.75) is 37.6 Å².